The lowest BCUT2D eigenvalue weighted by Crippen LogP contribution is -2.37. The van der Waals surface area contributed by atoms with E-state index < -0.39 is 0 Å². The van der Waals surface area contributed by atoms with E-state index in [0.29, 0.717) is 19.3 Å². The fourth-order valence-electron chi connectivity index (χ4n) is 3.41. The minimum absolute atomic E-state index is 0.314. The summed E-state index contributed by atoms with van der Waals surface area (Å²) in [5.74, 6) is 1.68. The summed E-state index contributed by atoms with van der Waals surface area (Å²) in [6, 6.07) is 16.7. The molecule has 30 heavy (non-hydrogen) atoms. The van der Waals surface area contributed by atoms with Gasteiger partial charge in [0.25, 0.3) is 0 Å². The summed E-state index contributed by atoms with van der Waals surface area (Å²) in [7, 11) is 3.47. The number of benzene rings is 2. The highest BCUT2D eigenvalue weighted by molar-refractivity contribution is 5.79. The van der Waals surface area contributed by atoms with Gasteiger partial charge in [0.1, 0.15) is 5.75 Å². The maximum Gasteiger partial charge on any atom is 0.191 e. The first-order chi connectivity index (χ1) is 14.8. The zero-order chi connectivity index (χ0) is 21.0. The van der Waals surface area contributed by atoms with Gasteiger partial charge in [-0.1, -0.05) is 36.4 Å². The van der Waals surface area contributed by atoms with Gasteiger partial charge in [0.2, 0.25) is 0 Å². The van der Waals surface area contributed by atoms with E-state index in [1.807, 2.05) is 12.1 Å². The standard InChI is InChI=1S/C24H33N3O3/c1-25-24(26-13-10-19-6-8-22(28-2)9-7-19)27-17-20-4-3-5-21(16-20)18-30-23-11-14-29-15-12-23/h3-9,16,23H,10-15,17-18H2,1-2H3,(H2,25,26,27). The van der Waals surface area contributed by atoms with Crippen molar-refractivity contribution >= 4 is 5.96 Å². The van der Waals surface area contributed by atoms with Crippen LogP contribution in [0.15, 0.2) is 53.5 Å². The van der Waals surface area contributed by atoms with Gasteiger partial charge in [0.15, 0.2) is 5.96 Å². The van der Waals surface area contributed by atoms with Gasteiger partial charge in [-0.15, -0.1) is 0 Å². The van der Waals surface area contributed by atoms with Crippen LogP contribution in [0, 0.1) is 0 Å². The van der Waals surface area contributed by atoms with E-state index in [2.05, 4.69) is 52.0 Å². The largest absolute Gasteiger partial charge is 0.497 e. The highest BCUT2D eigenvalue weighted by Gasteiger charge is 2.14. The molecular formula is C24H33N3O3. The van der Waals surface area contributed by atoms with Gasteiger partial charge in [-0.25, -0.2) is 0 Å². The number of rotatable bonds is 9. The summed E-state index contributed by atoms with van der Waals surface area (Å²) in [5, 5.41) is 6.76. The lowest BCUT2D eigenvalue weighted by molar-refractivity contribution is -0.0390. The van der Waals surface area contributed by atoms with Crippen LogP contribution < -0.4 is 15.4 Å². The lowest BCUT2D eigenvalue weighted by atomic mass is 10.1. The molecule has 2 aromatic carbocycles. The van der Waals surface area contributed by atoms with Gasteiger partial charge in [-0.2, -0.15) is 0 Å². The first-order valence-corrected chi connectivity index (χ1v) is 10.6. The summed E-state index contributed by atoms with van der Waals surface area (Å²) in [5.41, 5.74) is 3.67. The van der Waals surface area contributed by atoms with Crippen LogP contribution in [0.3, 0.4) is 0 Å². The molecule has 0 aliphatic carbocycles. The molecule has 0 atom stereocenters. The van der Waals surface area contributed by atoms with E-state index >= 15 is 0 Å². The van der Waals surface area contributed by atoms with Crippen molar-refractivity contribution < 1.29 is 14.2 Å². The van der Waals surface area contributed by atoms with E-state index in [9.17, 15) is 0 Å². The van der Waals surface area contributed by atoms with Gasteiger partial charge in [-0.05, 0) is 48.1 Å². The second kappa shape index (κ2) is 12.2. The van der Waals surface area contributed by atoms with Crippen molar-refractivity contribution in [2.75, 3.05) is 33.9 Å². The Balaban J connectivity index is 1.40. The fraction of sp³-hybridized carbons (Fsp3) is 0.458. The van der Waals surface area contributed by atoms with E-state index in [4.69, 9.17) is 14.2 Å². The number of hydrogen-bond donors (Lipinski definition) is 2. The normalized spacial score (nSPS) is 15.1. The fourth-order valence-corrected chi connectivity index (χ4v) is 3.41. The Bertz CT molecular complexity index is 787. The third-order valence-electron chi connectivity index (χ3n) is 5.19. The highest BCUT2D eigenvalue weighted by atomic mass is 16.5. The van der Waals surface area contributed by atoms with Crippen LogP contribution >= 0.6 is 0 Å². The third kappa shape index (κ3) is 7.35. The molecule has 2 aromatic rings. The van der Waals surface area contributed by atoms with E-state index in [1.54, 1.807) is 14.2 Å². The number of nitrogens with one attached hydrogen (secondary N) is 2. The molecule has 3 rings (SSSR count). The summed E-state index contributed by atoms with van der Waals surface area (Å²) in [4.78, 5) is 4.32. The molecule has 0 spiro atoms. The van der Waals surface area contributed by atoms with Crippen molar-refractivity contribution in [3.63, 3.8) is 0 Å². The number of nitrogens with zero attached hydrogens (tertiary/aromatic N) is 1. The summed E-state index contributed by atoms with van der Waals surface area (Å²) >= 11 is 0. The molecule has 1 aliphatic rings. The van der Waals surface area contributed by atoms with Crippen molar-refractivity contribution in [1.82, 2.24) is 10.6 Å². The molecule has 1 fully saturated rings. The molecule has 6 heteroatoms. The number of guanidine groups is 1. The molecule has 0 aromatic heterocycles. The van der Waals surface area contributed by atoms with E-state index in [1.165, 1.54) is 16.7 Å². The van der Waals surface area contributed by atoms with Crippen LogP contribution in [0.25, 0.3) is 0 Å². The van der Waals surface area contributed by atoms with Crippen molar-refractivity contribution in [1.29, 1.82) is 0 Å². The molecule has 1 saturated heterocycles. The Morgan fingerprint density at radius 1 is 1.03 bits per heavy atom. The molecule has 2 N–H and O–H groups in total. The molecule has 0 bridgehead atoms. The average molecular weight is 412 g/mol. The summed E-state index contributed by atoms with van der Waals surface area (Å²) in [6.45, 7) is 3.78. The van der Waals surface area contributed by atoms with Gasteiger partial charge < -0.3 is 24.8 Å². The van der Waals surface area contributed by atoms with Crippen molar-refractivity contribution in [2.45, 2.75) is 38.5 Å². The molecule has 6 nitrogen and oxygen atoms in total. The van der Waals surface area contributed by atoms with Gasteiger partial charge in [-0.3, -0.25) is 4.99 Å². The first-order valence-electron chi connectivity index (χ1n) is 10.6. The summed E-state index contributed by atoms with van der Waals surface area (Å²) < 4.78 is 16.6. The SMILES string of the molecule is CN=C(NCCc1ccc(OC)cc1)NCc1cccc(COC2CCOCC2)c1. The lowest BCUT2D eigenvalue weighted by Gasteiger charge is -2.22. The zero-order valence-electron chi connectivity index (χ0n) is 18.0. The van der Waals surface area contributed by atoms with Crippen LogP contribution in [0.1, 0.15) is 29.5 Å². The van der Waals surface area contributed by atoms with Crippen LogP contribution in [0.2, 0.25) is 0 Å². The smallest absolute Gasteiger partial charge is 0.191 e. The Hall–Kier alpha value is -2.57. The van der Waals surface area contributed by atoms with Crippen molar-refractivity contribution in [3.8, 4) is 5.75 Å². The van der Waals surface area contributed by atoms with Crippen LogP contribution in [-0.4, -0.2) is 46.0 Å². The number of ether oxygens (including phenoxy) is 3. The maximum absolute atomic E-state index is 6.04. The molecule has 162 valence electrons. The second-order valence-electron chi connectivity index (χ2n) is 7.39. The Morgan fingerprint density at radius 3 is 2.53 bits per heavy atom. The summed E-state index contributed by atoms with van der Waals surface area (Å²) in [6.07, 6.45) is 3.21. The number of aliphatic imine (C=N–C) groups is 1. The van der Waals surface area contributed by atoms with Crippen LogP contribution in [0.4, 0.5) is 0 Å². The molecule has 0 amide bonds. The predicted octanol–water partition coefficient (Wildman–Crippen LogP) is 3.30. The molecular weight excluding hydrogens is 378 g/mol. The van der Waals surface area contributed by atoms with Gasteiger partial charge >= 0.3 is 0 Å². The quantitative estimate of drug-likeness (QED) is 0.490. The molecule has 1 aliphatic heterocycles. The topological polar surface area (TPSA) is 64.1 Å². The first kappa shape index (κ1) is 22.1. The average Bonchev–Trinajstić information content (AvgIpc) is 2.81. The Labute approximate surface area is 179 Å². The predicted molar refractivity (Wildman–Crippen MR) is 120 cm³/mol. The second-order valence-corrected chi connectivity index (χ2v) is 7.39. The van der Waals surface area contributed by atoms with E-state index in [0.717, 1.165) is 50.7 Å². The number of methoxy groups -OCH3 is 1. The Kier molecular flexibility index (Phi) is 9.00. The number of hydrogen-bond acceptors (Lipinski definition) is 4. The minimum Gasteiger partial charge on any atom is -0.497 e. The maximum atomic E-state index is 6.04. The zero-order valence-corrected chi connectivity index (χ0v) is 18.0. The molecule has 1 heterocycles. The minimum atomic E-state index is 0.314. The van der Waals surface area contributed by atoms with Crippen molar-refractivity contribution in [2.24, 2.45) is 4.99 Å². The monoisotopic (exact) mass is 411 g/mol. The molecule has 0 radical (unpaired) electrons. The van der Waals surface area contributed by atoms with Crippen LogP contribution in [-0.2, 0) is 29.0 Å². The van der Waals surface area contributed by atoms with Crippen molar-refractivity contribution in [3.05, 3.63) is 65.2 Å². The molecule has 0 saturated carbocycles. The third-order valence-corrected chi connectivity index (χ3v) is 5.19. The van der Waals surface area contributed by atoms with Gasteiger partial charge in [0, 0.05) is 33.4 Å². The molecule has 0 unspecified atom stereocenters. The van der Waals surface area contributed by atoms with Gasteiger partial charge in [0.05, 0.1) is 19.8 Å². The van der Waals surface area contributed by atoms with Crippen LogP contribution in [0.5, 0.6) is 5.75 Å². The van der Waals surface area contributed by atoms with E-state index in [-0.39, 0.29) is 0 Å². The Morgan fingerprint density at radius 2 is 1.80 bits per heavy atom. The highest BCUT2D eigenvalue weighted by Crippen LogP contribution is 2.14.